The zero-order valence-corrected chi connectivity index (χ0v) is 18.2. The van der Waals surface area contributed by atoms with Gasteiger partial charge in [0, 0.05) is 12.0 Å². The van der Waals surface area contributed by atoms with Crippen molar-refractivity contribution in [2.75, 3.05) is 5.32 Å². The lowest BCUT2D eigenvalue weighted by Gasteiger charge is -2.08. The normalized spacial score (nSPS) is 14.9. The first-order chi connectivity index (χ1) is 15.9. The standard InChI is InChI=1S/C26H21F2N3O2/c1-15-11-19(33-16(15)2)13-22-26(32)31-14-23(17-7-4-3-5-8-17)29-21(25(31)30-22)12-18-9-6-10-20(27)24(18)28/h3-11,14,22H,12-13H2,1-2H3/p+1. The van der Waals surface area contributed by atoms with E-state index in [1.807, 2.05) is 50.2 Å². The summed E-state index contributed by atoms with van der Waals surface area (Å²) in [6, 6.07) is 14.9. The third-order valence-electron chi connectivity index (χ3n) is 5.95. The van der Waals surface area contributed by atoms with Gasteiger partial charge in [-0.25, -0.2) is 18.6 Å². The van der Waals surface area contributed by atoms with Crippen LogP contribution in [0.15, 0.2) is 65.2 Å². The lowest BCUT2D eigenvalue weighted by molar-refractivity contribution is -0.552. The van der Waals surface area contributed by atoms with Crippen molar-refractivity contribution in [3.63, 3.8) is 0 Å². The molecule has 0 saturated carbocycles. The van der Waals surface area contributed by atoms with E-state index in [1.165, 1.54) is 16.7 Å². The molecule has 1 atom stereocenters. The van der Waals surface area contributed by atoms with Crippen molar-refractivity contribution in [2.45, 2.75) is 32.7 Å². The molecule has 7 heteroatoms. The SMILES string of the molecule is Cc1cc(CC2Nc3c(Cc4cccc(F)c4F)nc(-c4ccccc4)c[n+]3C2=O)oc1C. The minimum absolute atomic E-state index is 0.0333. The Morgan fingerprint density at radius 2 is 1.88 bits per heavy atom. The summed E-state index contributed by atoms with van der Waals surface area (Å²) in [5, 5.41) is 3.24. The van der Waals surface area contributed by atoms with E-state index in [4.69, 9.17) is 9.40 Å². The van der Waals surface area contributed by atoms with Gasteiger partial charge in [0.25, 0.3) is 0 Å². The van der Waals surface area contributed by atoms with Crippen molar-refractivity contribution >= 4 is 11.7 Å². The van der Waals surface area contributed by atoms with Gasteiger partial charge in [-0.1, -0.05) is 42.5 Å². The molecule has 1 N–H and O–H groups in total. The first-order valence-electron chi connectivity index (χ1n) is 10.7. The molecule has 33 heavy (non-hydrogen) atoms. The Hall–Kier alpha value is -3.87. The molecular weight excluding hydrogens is 424 g/mol. The van der Waals surface area contributed by atoms with Crippen LogP contribution in [0.1, 0.15) is 33.1 Å². The summed E-state index contributed by atoms with van der Waals surface area (Å²) in [5.41, 5.74) is 3.05. The molecule has 3 heterocycles. The monoisotopic (exact) mass is 446 g/mol. The second-order valence-corrected chi connectivity index (χ2v) is 8.24. The van der Waals surface area contributed by atoms with Gasteiger partial charge in [-0.05, 0) is 37.1 Å². The average molecular weight is 446 g/mol. The third-order valence-corrected chi connectivity index (χ3v) is 5.95. The largest absolute Gasteiger partial charge is 0.466 e. The summed E-state index contributed by atoms with van der Waals surface area (Å²) in [7, 11) is 0. The van der Waals surface area contributed by atoms with Crippen LogP contribution >= 0.6 is 0 Å². The van der Waals surface area contributed by atoms with Crippen molar-refractivity contribution in [3.05, 3.63) is 101 Å². The summed E-state index contributed by atoms with van der Waals surface area (Å²) in [6.07, 6.45) is 2.08. The van der Waals surface area contributed by atoms with Crippen molar-refractivity contribution in [3.8, 4) is 11.3 Å². The van der Waals surface area contributed by atoms with Crippen LogP contribution in [-0.2, 0) is 12.8 Å². The molecule has 2 aromatic heterocycles. The molecule has 1 aliphatic rings. The van der Waals surface area contributed by atoms with Gasteiger partial charge >= 0.3 is 11.7 Å². The van der Waals surface area contributed by atoms with Gasteiger partial charge in [0.2, 0.25) is 6.04 Å². The Balaban J connectivity index is 1.56. The summed E-state index contributed by atoms with van der Waals surface area (Å²) in [4.78, 5) is 18.0. The van der Waals surface area contributed by atoms with Gasteiger partial charge in [0.15, 0.2) is 11.6 Å². The second kappa shape index (κ2) is 8.24. The Bertz CT molecular complexity index is 1350. The molecule has 0 bridgehead atoms. The van der Waals surface area contributed by atoms with Crippen LogP contribution in [0.25, 0.3) is 11.3 Å². The number of aryl methyl sites for hydroxylation is 2. The predicted octanol–water partition coefficient (Wildman–Crippen LogP) is 4.79. The number of halogens is 2. The van der Waals surface area contributed by atoms with Gasteiger partial charge in [-0.2, -0.15) is 4.57 Å². The highest BCUT2D eigenvalue weighted by Gasteiger charge is 2.41. The van der Waals surface area contributed by atoms with E-state index >= 15 is 0 Å². The first kappa shape index (κ1) is 21.0. The fourth-order valence-electron chi connectivity index (χ4n) is 4.10. The maximum absolute atomic E-state index is 14.4. The maximum Gasteiger partial charge on any atom is 0.359 e. The van der Waals surface area contributed by atoms with Crippen molar-refractivity contribution in [1.82, 2.24) is 4.98 Å². The summed E-state index contributed by atoms with van der Waals surface area (Å²) >= 11 is 0. The number of aromatic nitrogens is 2. The van der Waals surface area contributed by atoms with Gasteiger partial charge in [0.1, 0.15) is 29.1 Å². The molecule has 166 valence electrons. The maximum atomic E-state index is 14.4. The zero-order valence-electron chi connectivity index (χ0n) is 18.2. The molecule has 2 aromatic carbocycles. The van der Waals surface area contributed by atoms with Crippen LogP contribution in [0.4, 0.5) is 14.6 Å². The Morgan fingerprint density at radius 3 is 2.61 bits per heavy atom. The number of nitrogens with one attached hydrogen (secondary N) is 1. The van der Waals surface area contributed by atoms with Gasteiger partial charge in [-0.15, -0.1) is 0 Å². The lowest BCUT2D eigenvalue weighted by Crippen LogP contribution is -2.44. The van der Waals surface area contributed by atoms with Gasteiger partial charge in [0.05, 0.1) is 6.42 Å². The fourth-order valence-corrected chi connectivity index (χ4v) is 4.10. The summed E-state index contributed by atoms with van der Waals surface area (Å²) < 4.78 is 35.5. The van der Waals surface area contributed by atoms with Gasteiger partial charge < -0.3 is 4.42 Å². The summed E-state index contributed by atoms with van der Waals surface area (Å²) in [6.45, 7) is 3.84. The van der Waals surface area contributed by atoms with E-state index in [0.717, 1.165) is 23.0 Å². The van der Waals surface area contributed by atoms with Crippen LogP contribution in [0.3, 0.4) is 0 Å². The first-order valence-corrected chi connectivity index (χ1v) is 10.7. The molecular formula is C26H22F2N3O2+. The number of hydrogen-bond acceptors (Lipinski definition) is 4. The van der Waals surface area contributed by atoms with E-state index < -0.39 is 17.7 Å². The Kier molecular flexibility index (Phi) is 5.24. The van der Waals surface area contributed by atoms with Crippen molar-refractivity contribution < 1.29 is 22.6 Å². The highest BCUT2D eigenvalue weighted by atomic mass is 19.2. The smallest absolute Gasteiger partial charge is 0.359 e. The molecule has 0 amide bonds. The number of nitrogens with zero attached hydrogens (tertiary/aromatic N) is 2. The highest BCUT2D eigenvalue weighted by Crippen LogP contribution is 2.26. The van der Waals surface area contributed by atoms with Crippen molar-refractivity contribution in [1.29, 1.82) is 0 Å². The number of furan rings is 1. The minimum Gasteiger partial charge on any atom is -0.466 e. The number of carbonyl (C=O) groups excluding carboxylic acids is 1. The highest BCUT2D eigenvalue weighted by molar-refractivity contribution is 5.82. The molecule has 0 fully saturated rings. The van der Waals surface area contributed by atoms with Gasteiger partial charge in [-0.3, -0.25) is 5.32 Å². The van der Waals surface area contributed by atoms with Crippen LogP contribution in [-0.4, -0.2) is 16.9 Å². The predicted molar refractivity (Wildman–Crippen MR) is 119 cm³/mol. The quantitative estimate of drug-likeness (QED) is 0.448. The molecule has 0 saturated heterocycles. The zero-order chi connectivity index (χ0) is 23.1. The molecule has 0 radical (unpaired) electrons. The van der Waals surface area contributed by atoms with Crippen LogP contribution in [0, 0.1) is 25.5 Å². The number of rotatable bonds is 5. The molecule has 0 spiro atoms. The number of benzene rings is 2. The fraction of sp³-hybridized carbons (Fsp3) is 0.192. The molecule has 5 rings (SSSR count). The minimum atomic E-state index is -0.915. The lowest BCUT2D eigenvalue weighted by atomic mass is 10.1. The topological polar surface area (TPSA) is 59.0 Å². The average Bonchev–Trinajstić information content (AvgIpc) is 3.30. The van der Waals surface area contributed by atoms with Crippen LogP contribution < -0.4 is 9.88 Å². The Morgan fingerprint density at radius 1 is 1.09 bits per heavy atom. The summed E-state index contributed by atoms with van der Waals surface area (Å²) in [5.74, 6) is 0.0202. The molecule has 5 nitrogen and oxygen atoms in total. The third kappa shape index (κ3) is 3.91. The van der Waals surface area contributed by atoms with Crippen molar-refractivity contribution in [2.24, 2.45) is 0 Å². The number of anilines is 1. The van der Waals surface area contributed by atoms with E-state index in [-0.39, 0.29) is 17.9 Å². The van der Waals surface area contributed by atoms with E-state index in [9.17, 15) is 13.6 Å². The number of carbonyl (C=O) groups is 1. The molecule has 1 aliphatic heterocycles. The molecule has 4 aromatic rings. The Labute approximate surface area is 189 Å². The van der Waals surface area contributed by atoms with E-state index in [2.05, 4.69) is 5.32 Å². The van der Waals surface area contributed by atoms with E-state index in [0.29, 0.717) is 29.4 Å². The van der Waals surface area contributed by atoms with E-state index in [1.54, 1.807) is 6.20 Å². The number of hydrogen-bond donors (Lipinski definition) is 1. The second-order valence-electron chi connectivity index (χ2n) is 8.24. The van der Waals surface area contributed by atoms with Crippen LogP contribution in [0.5, 0.6) is 0 Å². The molecule has 1 unspecified atom stereocenters. The number of fused-ring (bicyclic) bond motifs is 1. The molecule has 0 aliphatic carbocycles. The van der Waals surface area contributed by atoms with Crippen LogP contribution in [0.2, 0.25) is 0 Å².